The molecule has 2 unspecified atom stereocenters. The van der Waals surface area contributed by atoms with Crippen molar-refractivity contribution in [3.05, 3.63) is 24.0 Å². The van der Waals surface area contributed by atoms with E-state index >= 15 is 0 Å². The Bertz CT molecular complexity index is 315. The Kier molecular flexibility index (Phi) is 5.26. The van der Waals surface area contributed by atoms with Gasteiger partial charge in [-0.15, -0.1) is 0 Å². The summed E-state index contributed by atoms with van der Waals surface area (Å²) in [6.45, 7) is 4.46. The van der Waals surface area contributed by atoms with Crippen molar-refractivity contribution in [1.29, 1.82) is 0 Å². The molecule has 0 saturated heterocycles. The summed E-state index contributed by atoms with van der Waals surface area (Å²) in [4.78, 5) is 4.44. The van der Waals surface area contributed by atoms with E-state index < -0.39 is 0 Å². The molecule has 3 heteroatoms. The van der Waals surface area contributed by atoms with E-state index in [1.165, 1.54) is 12.8 Å². The smallest absolute Gasteiger partial charge is 0.141 e. The first-order valence-corrected chi connectivity index (χ1v) is 5.90. The number of hydrogen-bond acceptors (Lipinski definition) is 3. The molecule has 0 aliphatic rings. The molecule has 1 rings (SSSR count). The van der Waals surface area contributed by atoms with Gasteiger partial charge in [-0.05, 0) is 31.5 Å². The summed E-state index contributed by atoms with van der Waals surface area (Å²) in [7, 11) is 3.67. The van der Waals surface area contributed by atoms with Crippen LogP contribution in [0.5, 0.6) is 5.75 Å². The van der Waals surface area contributed by atoms with Gasteiger partial charge in [0.15, 0.2) is 0 Å². The molecule has 0 aliphatic heterocycles. The van der Waals surface area contributed by atoms with Crippen molar-refractivity contribution in [2.24, 2.45) is 5.92 Å². The second kappa shape index (κ2) is 6.48. The fraction of sp³-hybridized carbons (Fsp3) is 0.615. The predicted octanol–water partition coefficient (Wildman–Crippen LogP) is 2.79. The fourth-order valence-electron chi connectivity index (χ4n) is 2.12. The summed E-state index contributed by atoms with van der Waals surface area (Å²) >= 11 is 0. The zero-order chi connectivity index (χ0) is 12.0. The maximum absolute atomic E-state index is 5.35. The van der Waals surface area contributed by atoms with Gasteiger partial charge >= 0.3 is 0 Å². The topological polar surface area (TPSA) is 34.2 Å². The standard InChI is InChI=1S/C13H22N2O/c1-5-7-10(2)12(14-3)13-11(16-4)8-6-9-15-13/h6,8-10,12,14H,5,7H2,1-4H3. The molecule has 16 heavy (non-hydrogen) atoms. The summed E-state index contributed by atoms with van der Waals surface area (Å²) < 4.78 is 5.35. The summed E-state index contributed by atoms with van der Waals surface area (Å²) in [5, 5.41) is 3.34. The Morgan fingerprint density at radius 2 is 2.25 bits per heavy atom. The van der Waals surface area contributed by atoms with Crippen LogP contribution in [0.4, 0.5) is 0 Å². The van der Waals surface area contributed by atoms with Crippen molar-refractivity contribution in [1.82, 2.24) is 10.3 Å². The molecule has 90 valence electrons. The molecule has 0 radical (unpaired) electrons. The second-order valence-corrected chi connectivity index (χ2v) is 4.12. The molecule has 0 spiro atoms. The summed E-state index contributed by atoms with van der Waals surface area (Å²) in [5.41, 5.74) is 1.01. The minimum Gasteiger partial charge on any atom is -0.495 e. The number of nitrogens with one attached hydrogen (secondary N) is 1. The Hall–Kier alpha value is -1.09. The monoisotopic (exact) mass is 222 g/mol. The molecule has 0 fully saturated rings. The number of hydrogen-bond donors (Lipinski definition) is 1. The van der Waals surface area contributed by atoms with E-state index in [1.807, 2.05) is 25.4 Å². The first-order valence-electron chi connectivity index (χ1n) is 5.90. The molecule has 1 heterocycles. The largest absolute Gasteiger partial charge is 0.495 e. The number of ether oxygens (including phenoxy) is 1. The van der Waals surface area contributed by atoms with E-state index in [1.54, 1.807) is 7.11 Å². The van der Waals surface area contributed by atoms with Crippen molar-refractivity contribution in [2.75, 3.05) is 14.2 Å². The van der Waals surface area contributed by atoms with E-state index in [2.05, 4.69) is 24.1 Å². The maximum atomic E-state index is 5.35. The van der Waals surface area contributed by atoms with Gasteiger partial charge in [0, 0.05) is 6.20 Å². The molecule has 0 amide bonds. The Morgan fingerprint density at radius 3 is 2.81 bits per heavy atom. The van der Waals surface area contributed by atoms with E-state index in [9.17, 15) is 0 Å². The van der Waals surface area contributed by atoms with Crippen molar-refractivity contribution >= 4 is 0 Å². The SMILES string of the molecule is CCCC(C)C(NC)c1ncccc1OC. The van der Waals surface area contributed by atoms with Crippen LogP contribution < -0.4 is 10.1 Å². The van der Waals surface area contributed by atoms with E-state index in [0.717, 1.165) is 11.4 Å². The first-order chi connectivity index (χ1) is 7.74. The van der Waals surface area contributed by atoms with Gasteiger partial charge in [0.25, 0.3) is 0 Å². The van der Waals surface area contributed by atoms with E-state index in [-0.39, 0.29) is 6.04 Å². The third-order valence-corrected chi connectivity index (χ3v) is 2.94. The van der Waals surface area contributed by atoms with Gasteiger partial charge in [0.05, 0.1) is 18.8 Å². The summed E-state index contributed by atoms with van der Waals surface area (Å²) in [6, 6.07) is 4.13. The highest BCUT2D eigenvalue weighted by Gasteiger charge is 2.21. The number of aromatic nitrogens is 1. The van der Waals surface area contributed by atoms with Gasteiger partial charge in [-0.3, -0.25) is 4.98 Å². The number of pyridine rings is 1. The van der Waals surface area contributed by atoms with Crippen LogP contribution in [-0.4, -0.2) is 19.1 Å². The van der Waals surface area contributed by atoms with Crippen LogP contribution in [0.3, 0.4) is 0 Å². The Morgan fingerprint density at radius 1 is 1.50 bits per heavy atom. The normalized spacial score (nSPS) is 14.5. The lowest BCUT2D eigenvalue weighted by atomic mass is 9.93. The van der Waals surface area contributed by atoms with Gasteiger partial charge in [0.2, 0.25) is 0 Å². The third-order valence-electron chi connectivity index (χ3n) is 2.94. The highest BCUT2D eigenvalue weighted by molar-refractivity contribution is 5.29. The number of nitrogens with zero attached hydrogens (tertiary/aromatic N) is 1. The van der Waals surface area contributed by atoms with Gasteiger partial charge in [-0.1, -0.05) is 20.3 Å². The Balaban J connectivity index is 2.93. The van der Waals surface area contributed by atoms with Crippen molar-refractivity contribution in [3.63, 3.8) is 0 Å². The zero-order valence-corrected chi connectivity index (χ0v) is 10.7. The van der Waals surface area contributed by atoms with Crippen LogP contribution in [0.25, 0.3) is 0 Å². The molecule has 0 aliphatic carbocycles. The number of rotatable bonds is 6. The van der Waals surface area contributed by atoms with Gasteiger partial charge in [-0.2, -0.15) is 0 Å². The predicted molar refractivity (Wildman–Crippen MR) is 66.7 cm³/mol. The van der Waals surface area contributed by atoms with Crippen LogP contribution >= 0.6 is 0 Å². The molecular formula is C13H22N2O. The molecule has 0 saturated carbocycles. The number of methoxy groups -OCH3 is 1. The average molecular weight is 222 g/mol. The highest BCUT2D eigenvalue weighted by Crippen LogP contribution is 2.29. The van der Waals surface area contributed by atoms with Crippen molar-refractivity contribution < 1.29 is 4.74 Å². The third kappa shape index (κ3) is 2.95. The minimum absolute atomic E-state index is 0.260. The lowest BCUT2D eigenvalue weighted by Gasteiger charge is -2.24. The molecular weight excluding hydrogens is 200 g/mol. The lowest BCUT2D eigenvalue weighted by Crippen LogP contribution is -2.25. The van der Waals surface area contributed by atoms with Crippen LogP contribution in [0, 0.1) is 5.92 Å². The van der Waals surface area contributed by atoms with E-state index in [0.29, 0.717) is 5.92 Å². The molecule has 1 N–H and O–H groups in total. The lowest BCUT2D eigenvalue weighted by molar-refractivity contribution is 0.348. The van der Waals surface area contributed by atoms with Gasteiger partial charge in [0.1, 0.15) is 5.75 Å². The zero-order valence-electron chi connectivity index (χ0n) is 10.7. The fourth-order valence-corrected chi connectivity index (χ4v) is 2.12. The average Bonchev–Trinajstić information content (AvgIpc) is 2.31. The van der Waals surface area contributed by atoms with Gasteiger partial charge < -0.3 is 10.1 Å². The molecule has 1 aromatic heterocycles. The van der Waals surface area contributed by atoms with Crippen LogP contribution in [0.15, 0.2) is 18.3 Å². The molecule has 3 nitrogen and oxygen atoms in total. The highest BCUT2D eigenvalue weighted by atomic mass is 16.5. The maximum Gasteiger partial charge on any atom is 0.141 e. The van der Waals surface area contributed by atoms with Crippen molar-refractivity contribution in [2.45, 2.75) is 32.7 Å². The van der Waals surface area contributed by atoms with Gasteiger partial charge in [-0.25, -0.2) is 0 Å². The quantitative estimate of drug-likeness (QED) is 0.803. The van der Waals surface area contributed by atoms with Crippen molar-refractivity contribution in [3.8, 4) is 5.75 Å². The first kappa shape index (κ1) is 13.0. The second-order valence-electron chi connectivity index (χ2n) is 4.12. The summed E-state index contributed by atoms with van der Waals surface area (Å²) in [5.74, 6) is 1.42. The van der Waals surface area contributed by atoms with Crippen LogP contribution in [0.1, 0.15) is 38.4 Å². The minimum atomic E-state index is 0.260. The van der Waals surface area contributed by atoms with Crippen LogP contribution in [0.2, 0.25) is 0 Å². The molecule has 0 bridgehead atoms. The Labute approximate surface area is 98.2 Å². The van der Waals surface area contributed by atoms with E-state index in [4.69, 9.17) is 4.74 Å². The molecule has 0 aromatic carbocycles. The molecule has 1 aromatic rings. The summed E-state index contributed by atoms with van der Waals surface area (Å²) in [6.07, 6.45) is 4.20. The van der Waals surface area contributed by atoms with Crippen LogP contribution in [-0.2, 0) is 0 Å². The molecule has 2 atom stereocenters.